The first-order chi connectivity index (χ1) is 6.61. The van der Waals surface area contributed by atoms with E-state index in [-0.39, 0.29) is 0 Å². The molecule has 0 amide bonds. The maximum atomic E-state index is 4.07. The lowest BCUT2D eigenvalue weighted by atomic mass is 10.1. The third kappa shape index (κ3) is 7.29. The third-order valence-corrected chi connectivity index (χ3v) is 1.41. The van der Waals surface area contributed by atoms with Crippen LogP contribution in [0.25, 0.3) is 0 Å². The molecule has 0 aromatic rings. The van der Waals surface area contributed by atoms with Crippen molar-refractivity contribution in [3.63, 3.8) is 0 Å². The van der Waals surface area contributed by atoms with Gasteiger partial charge in [0.15, 0.2) is 0 Å². The lowest BCUT2D eigenvalue weighted by Gasteiger charge is -1.96. The van der Waals surface area contributed by atoms with E-state index in [1.54, 1.807) is 18.4 Å². The monoisotopic (exact) mass is 191 g/mol. The molecule has 0 rings (SSSR count). The number of hydrogen-bond acceptors (Lipinski definition) is 1. The first kappa shape index (κ1) is 15.1. The fourth-order valence-electron chi connectivity index (χ4n) is 0.613. The molecule has 0 heterocycles. The van der Waals surface area contributed by atoms with Gasteiger partial charge in [-0.05, 0) is 25.0 Å². The Balaban J connectivity index is 0. The molecule has 14 heavy (non-hydrogen) atoms. The molecule has 0 fully saturated rings. The summed E-state index contributed by atoms with van der Waals surface area (Å²) in [5.74, 6) is 0. The molecular formula is C13H21N. The van der Waals surface area contributed by atoms with Crippen molar-refractivity contribution in [2.24, 2.45) is 4.99 Å². The third-order valence-electron chi connectivity index (χ3n) is 1.41. The SMILES string of the molecule is C=C/C(C)=C(\C=C)C=NC(=C)C.CC. The van der Waals surface area contributed by atoms with Gasteiger partial charge in [0, 0.05) is 11.9 Å². The van der Waals surface area contributed by atoms with Crippen LogP contribution in [0.5, 0.6) is 0 Å². The van der Waals surface area contributed by atoms with E-state index in [1.807, 2.05) is 27.7 Å². The van der Waals surface area contributed by atoms with Crippen LogP contribution in [0.15, 0.2) is 53.7 Å². The van der Waals surface area contributed by atoms with E-state index >= 15 is 0 Å². The van der Waals surface area contributed by atoms with Crippen LogP contribution in [-0.4, -0.2) is 6.21 Å². The van der Waals surface area contributed by atoms with E-state index in [2.05, 4.69) is 24.7 Å². The van der Waals surface area contributed by atoms with Gasteiger partial charge in [0.2, 0.25) is 0 Å². The van der Waals surface area contributed by atoms with Crippen LogP contribution in [0.4, 0.5) is 0 Å². The molecule has 1 nitrogen and oxygen atoms in total. The van der Waals surface area contributed by atoms with E-state index in [1.165, 1.54) is 0 Å². The maximum Gasteiger partial charge on any atom is 0.0345 e. The molecule has 0 N–H and O–H groups in total. The van der Waals surface area contributed by atoms with Crippen LogP contribution in [0.1, 0.15) is 27.7 Å². The minimum atomic E-state index is 0.784. The van der Waals surface area contributed by atoms with Gasteiger partial charge in [0.25, 0.3) is 0 Å². The van der Waals surface area contributed by atoms with Crippen molar-refractivity contribution in [1.29, 1.82) is 0 Å². The Morgan fingerprint density at radius 1 is 1.07 bits per heavy atom. The van der Waals surface area contributed by atoms with Crippen LogP contribution in [0.2, 0.25) is 0 Å². The zero-order valence-corrected chi connectivity index (χ0v) is 9.80. The van der Waals surface area contributed by atoms with Crippen molar-refractivity contribution < 1.29 is 0 Å². The summed E-state index contributed by atoms with van der Waals surface area (Å²) in [5.41, 5.74) is 2.83. The van der Waals surface area contributed by atoms with Gasteiger partial charge in [-0.2, -0.15) is 0 Å². The van der Waals surface area contributed by atoms with Crippen LogP contribution in [0, 0.1) is 0 Å². The summed E-state index contributed by atoms with van der Waals surface area (Å²) in [6.07, 6.45) is 5.28. The molecule has 0 unspecified atom stereocenters. The number of hydrogen-bond donors (Lipinski definition) is 0. The molecule has 0 atom stereocenters. The van der Waals surface area contributed by atoms with Gasteiger partial charge in [-0.25, -0.2) is 0 Å². The summed E-state index contributed by atoms with van der Waals surface area (Å²) < 4.78 is 0. The van der Waals surface area contributed by atoms with Crippen molar-refractivity contribution in [1.82, 2.24) is 0 Å². The van der Waals surface area contributed by atoms with Crippen molar-refractivity contribution in [2.45, 2.75) is 27.7 Å². The van der Waals surface area contributed by atoms with Crippen molar-refractivity contribution in [3.05, 3.63) is 48.7 Å². The molecule has 0 aliphatic heterocycles. The Kier molecular flexibility index (Phi) is 10.5. The quantitative estimate of drug-likeness (QED) is 0.464. The molecule has 0 saturated heterocycles. The molecule has 0 aliphatic carbocycles. The van der Waals surface area contributed by atoms with E-state index in [4.69, 9.17) is 0 Å². The summed E-state index contributed by atoms with van der Waals surface area (Å²) in [7, 11) is 0. The molecule has 0 saturated carbocycles. The highest BCUT2D eigenvalue weighted by Gasteiger charge is 1.89. The first-order valence-corrected chi connectivity index (χ1v) is 4.77. The Labute approximate surface area is 88.3 Å². The van der Waals surface area contributed by atoms with Gasteiger partial charge in [0.1, 0.15) is 0 Å². The fourth-order valence-corrected chi connectivity index (χ4v) is 0.613. The Hall–Kier alpha value is -1.37. The van der Waals surface area contributed by atoms with E-state index < -0.39 is 0 Å². The van der Waals surface area contributed by atoms with Crippen LogP contribution >= 0.6 is 0 Å². The lowest BCUT2D eigenvalue weighted by Crippen LogP contribution is -1.84. The van der Waals surface area contributed by atoms with Crippen molar-refractivity contribution in [3.8, 4) is 0 Å². The zero-order valence-electron chi connectivity index (χ0n) is 9.80. The van der Waals surface area contributed by atoms with Gasteiger partial charge < -0.3 is 0 Å². The predicted octanol–water partition coefficient (Wildman–Crippen LogP) is 4.31. The Morgan fingerprint density at radius 3 is 1.86 bits per heavy atom. The molecule has 0 spiro atoms. The number of aliphatic imine (C=N–C) groups is 1. The van der Waals surface area contributed by atoms with Crippen LogP contribution in [-0.2, 0) is 0 Å². The normalized spacial score (nSPS) is 11.1. The van der Waals surface area contributed by atoms with Gasteiger partial charge >= 0.3 is 0 Å². The highest BCUT2D eigenvalue weighted by atomic mass is 14.7. The zero-order chi connectivity index (χ0) is 11.6. The molecule has 1 heteroatoms. The average Bonchev–Trinajstić information content (AvgIpc) is 2.21. The largest absolute Gasteiger partial charge is 0.262 e. The molecule has 0 aromatic carbocycles. The summed E-state index contributed by atoms with van der Waals surface area (Å²) in [6, 6.07) is 0. The van der Waals surface area contributed by atoms with Gasteiger partial charge in [-0.15, -0.1) is 0 Å². The van der Waals surface area contributed by atoms with E-state index in [9.17, 15) is 0 Å². The summed E-state index contributed by atoms with van der Waals surface area (Å²) in [4.78, 5) is 4.07. The van der Waals surface area contributed by atoms with Crippen molar-refractivity contribution >= 4 is 6.21 Å². The second-order valence-electron chi connectivity index (χ2n) is 2.54. The maximum absolute atomic E-state index is 4.07. The lowest BCUT2D eigenvalue weighted by molar-refractivity contribution is 1.33. The van der Waals surface area contributed by atoms with E-state index in [0.29, 0.717) is 0 Å². The second-order valence-corrected chi connectivity index (χ2v) is 2.54. The van der Waals surface area contributed by atoms with Gasteiger partial charge in [-0.1, -0.05) is 45.7 Å². The fraction of sp³-hybridized carbons (Fsp3) is 0.308. The van der Waals surface area contributed by atoms with Crippen LogP contribution in [0.3, 0.4) is 0 Å². The second kappa shape index (κ2) is 9.72. The first-order valence-electron chi connectivity index (χ1n) is 4.77. The number of rotatable bonds is 4. The average molecular weight is 191 g/mol. The minimum absolute atomic E-state index is 0.784. The summed E-state index contributed by atoms with van der Waals surface area (Å²) in [5, 5.41) is 0. The Morgan fingerprint density at radius 2 is 1.57 bits per heavy atom. The van der Waals surface area contributed by atoms with Gasteiger partial charge in [0.05, 0.1) is 0 Å². The van der Waals surface area contributed by atoms with Gasteiger partial charge in [-0.3, -0.25) is 4.99 Å². The minimum Gasteiger partial charge on any atom is -0.262 e. The smallest absolute Gasteiger partial charge is 0.0345 e. The summed E-state index contributed by atoms with van der Waals surface area (Å²) in [6.45, 7) is 18.8. The highest BCUT2D eigenvalue weighted by molar-refractivity contribution is 5.84. The topological polar surface area (TPSA) is 12.4 Å². The molecule has 0 bridgehead atoms. The molecule has 0 aromatic heterocycles. The molecule has 0 aliphatic rings. The Bertz CT molecular complexity index is 254. The van der Waals surface area contributed by atoms with E-state index in [0.717, 1.165) is 16.8 Å². The van der Waals surface area contributed by atoms with Crippen molar-refractivity contribution in [2.75, 3.05) is 0 Å². The number of nitrogens with zero attached hydrogens (tertiary/aromatic N) is 1. The standard InChI is InChI=1S/C11H15N.C2H6/c1-6-10(5)11(7-2)8-12-9(3)4;1-2/h6-8H,1-3H2,4-5H3;1-2H3/b11-10+,12-8?;. The molecule has 78 valence electrons. The van der Waals surface area contributed by atoms with Crippen LogP contribution < -0.4 is 0 Å². The molecular weight excluding hydrogens is 170 g/mol. The predicted molar refractivity (Wildman–Crippen MR) is 67.7 cm³/mol. The number of allylic oxidation sites excluding steroid dienone is 5. The molecule has 0 radical (unpaired) electrons. The highest BCUT2D eigenvalue weighted by Crippen LogP contribution is 2.04. The summed E-state index contributed by atoms with van der Waals surface area (Å²) >= 11 is 0.